The Labute approximate surface area is 95.6 Å². The maximum Gasteiger partial charge on any atom is 0.111 e. The SMILES string of the molecule is CC(C)C1NC(c2ccc(Cl)cc2)CO1. The zero-order chi connectivity index (χ0) is 10.8. The monoisotopic (exact) mass is 225 g/mol. The minimum atomic E-state index is 0.172. The third kappa shape index (κ3) is 2.51. The maximum atomic E-state index is 5.85. The number of benzene rings is 1. The molecule has 2 atom stereocenters. The fourth-order valence-electron chi connectivity index (χ4n) is 1.77. The van der Waals surface area contributed by atoms with E-state index in [2.05, 4.69) is 19.2 Å². The highest BCUT2D eigenvalue weighted by Crippen LogP contribution is 2.24. The van der Waals surface area contributed by atoms with Crippen molar-refractivity contribution in [2.45, 2.75) is 26.1 Å². The number of hydrogen-bond acceptors (Lipinski definition) is 2. The minimum absolute atomic E-state index is 0.172. The van der Waals surface area contributed by atoms with Crippen molar-refractivity contribution in [2.75, 3.05) is 6.61 Å². The first-order valence-electron chi connectivity index (χ1n) is 5.30. The molecule has 0 saturated carbocycles. The molecule has 3 heteroatoms. The van der Waals surface area contributed by atoms with E-state index in [0.29, 0.717) is 12.0 Å². The molecular formula is C12H16ClNO. The third-order valence-electron chi connectivity index (χ3n) is 2.69. The van der Waals surface area contributed by atoms with E-state index in [4.69, 9.17) is 16.3 Å². The summed E-state index contributed by atoms with van der Waals surface area (Å²) in [4.78, 5) is 0. The van der Waals surface area contributed by atoms with E-state index in [-0.39, 0.29) is 6.23 Å². The molecule has 2 rings (SSSR count). The van der Waals surface area contributed by atoms with Crippen molar-refractivity contribution in [1.82, 2.24) is 5.32 Å². The molecule has 0 bridgehead atoms. The van der Waals surface area contributed by atoms with Gasteiger partial charge >= 0.3 is 0 Å². The summed E-state index contributed by atoms with van der Waals surface area (Å²) >= 11 is 5.85. The van der Waals surface area contributed by atoms with E-state index < -0.39 is 0 Å². The van der Waals surface area contributed by atoms with Gasteiger partial charge in [0.15, 0.2) is 0 Å². The molecule has 1 aliphatic heterocycles. The van der Waals surface area contributed by atoms with Crippen LogP contribution in [0.5, 0.6) is 0 Å². The van der Waals surface area contributed by atoms with Gasteiger partial charge in [-0.25, -0.2) is 0 Å². The lowest BCUT2D eigenvalue weighted by Crippen LogP contribution is -2.29. The average Bonchev–Trinajstić information content (AvgIpc) is 2.68. The molecule has 1 fully saturated rings. The van der Waals surface area contributed by atoms with E-state index in [9.17, 15) is 0 Å². The molecule has 1 aromatic rings. The normalized spacial score (nSPS) is 26.1. The number of hydrogen-bond donors (Lipinski definition) is 1. The van der Waals surface area contributed by atoms with Gasteiger partial charge in [-0.3, -0.25) is 5.32 Å². The van der Waals surface area contributed by atoms with Crippen molar-refractivity contribution in [2.24, 2.45) is 5.92 Å². The highest BCUT2D eigenvalue weighted by atomic mass is 35.5. The van der Waals surface area contributed by atoms with Gasteiger partial charge in [0.05, 0.1) is 12.6 Å². The van der Waals surface area contributed by atoms with Gasteiger partial charge in [-0.15, -0.1) is 0 Å². The maximum absolute atomic E-state index is 5.85. The van der Waals surface area contributed by atoms with Crippen molar-refractivity contribution in [1.29, 1.82) is 0 Å². The van der Waals surface area contributed by atoms with Gasteiger partial charge in [0.1, 0.15) is 6.23 Å². The molecule has 1 aliphatic rings. The van der Waals surface area contributed by atoms with Crippen LogP contribution < -0.4 is 5.32 Å². The zero-order valence-electron chi connectivity index (χ0n) is 9.03. The molecule has 0 amide bonds. The summed E-state index contributed by atoms with van der Waals surface area (Å²) in [7, 11) is 0. The molecule has 0 aromatic heterocycles. The zero-order valence-corrected chi connectivity index (χ0v) is 9.79. The summed E-state index contributed by atoms with van der Waals surface area (Å²) in [5, 5.41) is 4.24. The van der Waals surface area contributed by atoms with Crippen LogP contribution in [0.1, 0.15) is 25.5 Å². The lowest BCUT2D eigenvalue weighted by atomic mass is 10.1. The molecule has 1 aromatic carbocycles. The Hall–Kier alpha value is -0.570. The largest absolute Gasteiger partial charge is 0.361 e. The smallest absolute Gasteiger partial charge is 0.111 e. The number of halogens is 1. The van der Waals surface area contributed by atoms with E-state index >= 15 is 0 Å². The Kier molecular flexibility index (Phi) is 3.29. The third-order valence-corrected chi connectivity index (χ3v) is 2.94. The molecule has 0 radical (unpaired) electrons. The van der Waals surface area contributed by atoms with Crippen LogP contribution in [0.4, 0.5) is 0 Å². The quantitative estimate of drug-likeness (QED) is 0.836. The number of ether oxygens (including phenoxy) is 1. The van der Waals surface area contributed by atoms with Gasteiger partial charge in [0.2, 0.25) is 0 Å². The van der Waals surface area contributed by atoms with E-state index in [1.54, 1.807) is 0 Å². The summed E-state index contributed by atoms with van der Waals surface area (Å²) in [5.74, 6) is 0.502. The standard InChI is InChI=1S/C12H16ClNO/c1-8(2)12-14-11(7-15-12)9-3-5-10(13)6-4-9/h3-6,8,11-12,14H,7H2,1-2H3. The van der Waals surface area contributed by atoms with Crippen LogP contribution in [0.15, 0.2) is 24.3 Å². The predicted octanol–water partition coefficient (Wildman–Crippen LogP) is 2.98. The van der Waals surface area contributed by atoms with Gasteiger partial charge in [-0.1, -0.05) is 37.6 Å². The van der Waals surface area contributed by atoms with Gasteiger partial charge in [-0.05, 0) is 23.6 Å². The van der Waals surface area contributed by atoms with E-state index in [1.165, 1.54) is 5.56 Å². The van der Waals surface area contributed by atoms with Crippen molar-refractivity contribution in [3.63, 3.8) is 0 Å². The molecule has 1 heterocycles. The molecule has 82 valence electrons. The first-order chi connectivity index (χ1) is 7.16. The topological polar surface area (TPSA) is 21.3 Å². The van der Waals surface area contributed by atoms with Gasteiger partial charge in [-0.2, -0.15) is 0 Å². The summed E-state index contributed by atoms with van der Waals surface area (Å²) in [6, 6.07) is 8.23. The van der Waals surface area contributed by atoms with Gasteiger partial charge < -0.3 is 4.74 Å². The lowest BCUT2D eigenvalue weighted by Gasteiger charge is -2.15. The van der Waals surface area contributed by atoms with Crippen LogP contribution in [-0.2, 0) is 4.74 Å². The molecule has 2 nitrogen and oxygen atoms in total. The highest BCUT2D eigenvalue weighted by molar-refractivity contribution is 6.30. The van der Waals surface area contributed by atoms with Crippen LogP contribution in [0.3, 0.4) is 0 Å². The van der Waals surface area contributed by atoms with Crippen molar-refractivity contribution in [3.8, 4) is 0 Å². The molecular weight excluding hydrogens is 210 g/mol. The molecule has 1 N–H and O–H groups in total. The first kappa shape index (κ1) is 10.9. The highest BCUT2D eigenvalue weighted by Gasteiger charge is 2.27. The molecule has 0 spiro atoms. The van der Waals surface area contributed by atoms with Crippen LogP contribution in [0.2, 0.25) is 5.02 Å². The summed E-state index contributed by atoms with van der Waals surface area (Å²) < 4.78 is 5.67. The van der Waals surface area contributed by atoms with Crippen molar-refractivity contribution >= 4 is 11.6 Å². The number of nitrogens with one attached hydrogen (secondary N) is 1. The summed E-state index contributed by atoms with van der Waals surface area (Å²) in [6.07, 6.45) is 0.172. The van der Waals surface area contributed by atoms with Gasteiger partial charge in [0, 0.05) is 5.02 Å². The van der Waals surface area contributed by atoms with Crippen LogP contribution in [-0.4, -0.2) is 12.8 Å². The summed E-state index contributed by atoms with van der Waals surface area (Å²) in [6.45, 7) is 5.05. The van der Waals surface area contributed by atoms with Crippen LogP contribution >= 0.6 is 11.6 Å². The molecule has 15 heavy (non-hydrogen) atoms. The van der Waals surface area contributed by atoms with Crippen LogP contribution in [0, 0.1) is 5.92 Å². The van der Waals surface area contributed by atoms with E-state index in [1.807, 2.05) is 24.3 Å². The predicted molar refractivity (Wildman–Crippen MR) is 61.9 cm³/mol. The Bertz CT molecular complexity index is 323. The second kappa shape index (κ2) is 4.52. The lowest BCUT2D eigenvalue weighted by molar-refractivity contribution is 0.0644. The molecule has 0 aliphatic carbocycles. The fourth-order valence-corrected chi connectivity index (χ4v) is 1.89. The van der Waals surface area contributed by atoms with Crippen molar-refractivity contribution < 1.29 is 4.74 Å². The molecule has 1 saturated heterocycles. The second-order valence-corrected chi connectivity index (χ2v) is 4.71. The first-order valence-corrected chi connectivity index (χ1v) is 5.67. The van der Waals surface area contributed by atoms with Crippen molar-refractivity contribution in [3.05, 3.63) is 34.9 Å². The Morgan fingerprint density at radius 1 is 1.33 bits per heavy atom. The van der Waals surface area contributed by atoms with Gasteiger partial charge in [0.25, 0.3) is 0 Å². The fraction of sp³-hybridized carbons (Fsp3) is 0.500. The average molecular weight is 226 g/mol. The Balaban J connectivity index is 2.04. The molecule has 2 unspecified atom stereocenters. The van der Waals surface area contributed by atoms with Crippen LogP contribution in [0.25, 0.3) is 0 Å². The second-order valence-electron chi connectivity index (χ2n) is 4.27. The number of rotatable bonds is 2. The summed E-state index contributed by atoms with van der Waals surface area (Å²) in [5.41, 5.74) is 1.24. The Morgan fingerprint density at radius 3 is 2.53 bits per heavy atom. The minimum Gasteiger partial charge on any atom is -0.361 e. The van der Waals surface area contributed by atoms with E-state index in [0.717, 1.165) is 11.6 Å². The Morgan fingerprint density at radius 2 is 2.00 bits per heavy atom.